The van der Waals surface area contributed by atoms with Crippen molar-refractivity contribution in [2.45, 2.75) is 52.1 Å². The third-order valence-electron chi connectivity index (χ3n) is 4.76. The van der Waals surface area contributed by atoms with Gasteiger partial charge < -0.3 is 5.01 Å². The molecule has 0 aromatic heterocycles. The van der Waals surface area contributed by atoms with Crippen LogP contribution in [0.25, 0.3) is 0 Å². The minimum atomic E-state index is 0.515. The lowest BCUT2D eigenvalue weighted by atomic mass is 9.77. The molecule has 2 aliphatic rings. The van der Waals surface area contributed by atoms with Crippen LogP contribution in [-0.4, -0.2) is 28.6 Å². The predicted molar refractivity (Wildman–Crippen MR) is 96.2 cm³/mol. The van der Waals surface area contributed by atoms with Crippen LogP contribution in [0.5, 0.6) is 0 Å². The van der Waals surface area contributed by atoms with Crippen LogP contribution in [0.2, 0.25) is 0 Å². The van der Waals surface area contributed by atoms with Gasteiger partial charge in [-0.25, -0.2) is 5.01 Å². The monoisotopic (exact) mass is 298 g/mol. The number of hydrogen-bond acceptors (Lipinski definition) is 2. The summed E-state index contributed by atoms with van der Waals surface area (Å²) in [6.45, 7) is 15.9. The molecule has 0 radical (unpaired) electrons. The number of rotatable bonds is 7. The van der Waals surface area contributed by atoms with Crippen molar-refractivity contribution in [3.05, 3.63) is 60.9 Å². The van der Waals surface area contributed by atoms with Gasteiger partial charge in [0.05, 0.1) is 18.3 Å². The molecule has 22 heavy (non-hydrogen) atoms. The number of nitrogens with zero attached hydrogens (tertiary/aromatic N) is 2. The van der Waals surface area contributed by atoms with Crippen LogP contribution in [0.3, 0.4) is 0 Å². The molecule has 120 valence electrons. The maximum Gasteiger partial charge on any atom is 0.0524 e. The minimum absolute atomic E-state index is 0.515. The van der Waals surface area contributed by atoms with Gasteiger partial charge in [-0.05, 0) is 45.1 Å². The molecule has 2 nitrogen and oxygen atoms in total. The van der Waals surface area contributed by atoms with E-state index in [-0.39, 0.29) is 0 Å². The topological polar surface area (TPSA) is 6.48 Å². The van der Waals surface area contributed by atoms with E-state index in [1.54, 1.807) is 0 Å². The molecule has 2 rings (SSSR count). The molecule has 1 unspecified atom stereocenters. The normalized spacial score (nSPS) is 24.1. The van der Waals surface area contributed by atoms with Gasteiger partial charge in [-0.3, -0.25) is 0 Å². The Balaban J connectivity index is 2.05. The standard InChI is InChI=1S/C20H30N2/c1-6-8-9-10-12-18(7-2)17(5)21-15-20(19-13-11-14-19)22(21)16(3)4/h6-10,12,16,19-20H,2,5,11,13-15H2,1,3-4H3/b8-6-,10-9+,18-12+. The van der Waals surface area contributed by atoms with Gasteiger partial charge in [0.15, 0.2) is 0 Å². The van der Waals surface area contributed by atoms with E-state index in [1.807, 2.05) is 37.3 Å². The molecule has 2 fully saturated rings. The van der Waals surface area contributed by atoms with Crippen LogP contribution in [0.15, 0.2) is 60.9 Å². The molecule has 2 heteroatoms. The van der Waals surface area contributed by atoms with Crippen molar-refractivity contribution in [3.63, 3.8) is 0 Å². The van der Waals surface area contributed by atoms with Crippen molar-refractivity contribution in [3.8, 4) is 0 Å². The summed E-state index contributed by atoms with van der Waals surface area (Å²) in [5, 5.41) is 4.85. The first kappa shape index (κ1) is 16.8. The van der Waals surface area contributed by atoms with E-state index in [2.05, 4.69) is 43.1 Å². The highest BCUT2D eigenvalue weighted by Crippen LogP contribution is 2.40. The fourth-order valence-corrected chi connectivity index (χ4v) is 3.30. The molecule has 1 saturated carbocycles. The van der Waals surface area contributed by atoms with Crippen molar-refractivity contribution < 1.29 is 0 Å². The van der Waals surface area contributed by atoms with Crippen LogP contribution in [0.1, 0.15) is 40.0 Å². The molecular formula is C20H30N2. The lowest BCUT2D eigenvalue weighted by Crippen LogP contribution is -2.69. The summed E-state index contributed by atoms with van der Waals surface area (Å²) in [6.07, 6.45) is 16.3. The second kappa shape index (κ2) is 7.64. The lowest BCUT2D eigenvalue weighted by molar-refractivity contribution is -0.183. The summed E-state index contributed by atoms with van der Waals surface area (Å²) in [5.74, 6) is 0.886. The average molecular weight is 298 g/mol. The molecule has 1 heterocycles. The Hall–Kier alpha value is -1.54. The van der Waals surface area contributed by atoms with Crippen molar-refractivity contribution in [2.24, 2.45) is 5.92 Å². The minimum Gasteiger partial charge on any atom is -0.304 e. The molecular weight excluding hydrogens is 268 g/mol. The fourth-order valence-electron chi connectivity index (χ4n) is 3.30. The Morgan fingerprint density at radius 3 is 2.41 bits per heavy atom. The third kappa shape index (κ3) is 3.44. The summed E-state index contributed by atoms with van der Waals surface area (Å²) in [5.41, 5.74) is 2.16. The molecule has 0 N–H and O–H groups in total. The summed E-state index contributed by atoms with van der Waals surface area (Å²) < 4.78 is 0. The third-order valence-corrected chi connectivity index (χ3v) is 4.76. The zero-order valence-corrected chi connectivity index (χ0v) is 14.3. The Morgan fingerprint density at radius 2 is 1.91 bits per heavy atom. The molecule has 0 bridgehead atoms. The molecule has 1 aliphatic heterocycles. The van der Waals surface area contributed by atoms with Crippen molar-refractivity contribution in [2.75, 3.05) is 6.54 Å². The highest BCUT2D eigenvalue weighted by atomic mass is 15.7. The van der Waals surface area contributed by atoms with E-state index in [9.17, 15) is 0 Å². The zero-order chi connectivity index (χ0) is 16.1. The van der Waals surface area contributed by atoms with Crippen molar-refractivity contribution in [1.82, 2.24) is 10.0 Å². The number of hydrazine groups is 1. The van der Waals surface area contributed by atoms with Gasteiger partial charge in [-0.15, -0.1) is 0 Å². The number of allylic oxidation sites excluding steroid dienone is 6. The van der Waals surface area contributed by atoms with Crippen LogP contribution in [0, 0.1) is 5.92 Å². The number of hydrogen-bond donors (Lipinski definition) is 0. The molecule has 0 amide bonds. The fraction of sp³-hybridized carbons (Fsp3) is 0.500. The molecule has 1 saturated heterocycles. The Bertz CT molecular complexity index is 492. The average Bonchev–Trinajstić information content (AvgIpc) is 2.39. The maximum atomic E-state index is 4.31. The van der Waals surface area contributed by atoms with E-state index in [1.165, 1.54) is 19.3 Å². The van der Waals surface area contributed by atoms with E-state index in [0.717, 1.165) is 23.7 Å². The van der Waals surface area contributed by atoms with E-state index in [4.69, 9.17) is 0 Å². The van der Waals surface area contributed by atoms with Crippen LogP contribution in [-0.2, 0) is 0 Å². The largest absolute Gasteiger partial charge is 0.304 e. The van der Waals surface area contributed by atoms with Crippen LogP contribution in [0.4, 0.5) is 0 Å². The Labute approximate surface area is 136 Å². The summed E-state index contributed by atoms with van der Waals surface area (Å²) in [4.78, 5) is 0. The van der Waals surface area contributed by atoms with Gasteiger partial charge in [-0.2, -0.15) is 0 Å². The second-order valence-electron chi connectivity index (χ2n) is 6.50. The van der Waals surface area contributed by atoms with Gasteiger partial charge in [0.1, 0.15) is 0 Å². The summed E-state index contributed by atoms with van der Waals surface area (Å²) >= 11 is 0. The Morgan fingerprint density at radius 1 is 1.18 bits per heavy atom. The molecule has 0 aromatic carbocycles. The van der Waals surface area contributed by atoms with E-state index in [0.29, 0.717) is 12.1 Å². The van der Waals surface area contributed by atoms with Gasteiger partial charge in [0, 0.05) is 6.04 Å². The van der Waals surface area contributed by atoms with Gasteiger partial charge in [0.2, 0.25) is 0 Å². The maximum absolute atomic E-state index is 4.31. The van der Waals surface area contributed by atoms with E-state index >= 15 is 0 Å². The summed E-state index contributed by atoms with van der Waals surface area (Å²) in [7, 11) is 0. The first-order valence-electron chi connectivity index (χ1n) is 8.47. The lowest BCUT2D eigenvalue weighted by Gasteiger charge is -2.59. The first-order chi connectivity index (χ1) is 10.6. The quantitative estimate of drug-likeness (QED) is 0.620. The molecule has 0 spiro atoms. The van der Waals surface area contributed by atoms with Crippen LogP contribution < -0.4 is 0 Å². The zero-order valence-electron chi connectivity index (χ0n) is 14.3. The molecule has 1 aliphatic carbocycles. The van der Waals surface area contributed by atoms with Gasteiger partial charge in [0.25, 0.3) is 0 Å². The Kier molecular flexibility index (Phi) is 5.84. The van der Waals surface area contributed by atoms with Gasteiger partial charge in [-0.1, -0.05) is 56.0 Å². The highest BCUT2D eigenvalue weighted by molar-refractivity contribution is 5.39. The molecule has 1 atom stereocenters. The highest BCUT2D eigenvalue weighted by Gasteiger charge is 2.45. The smallest absolute Gasteiger partial charge is 0.0524 e. The van der Waals surface area contributed by atoms with Crippen LogP contribution >= 0.6 is 0 Å². The van der Waals surface area contributed by atoms with Crippen molar-refractivity contribution in [1.29, 1.82) is 0 Å². The van der Waals surface area contributed by atoms with Gasteiger partial charge >= 0.3 is 0 Å². The second-order valence-corrected chi connectivity index (χ2v) is 6.50. The molecule has 0 aromatic rings. The first-order valence-corrected chi connectivity index (χ1v) is 8.47. The van der Waals surface area contributed by atoms with Crippen molar-refractivity contribution >= 4 is 0 Å². The van der Waals surface area contributed by atoms with E-state index < -0.39 is 0 Å². The predicted octanol–water partition coefficient (Wildman–Crippen LogP) is 4.85. The summed E-state index contributed by atoms with van der Waals surface area (Å²) in [6, 6.07) is 1.22. The SMILES string of the molecule is C=C\C(=C/C=C/C=C\C)C(=C)N1CC(C2CCC2)N1C(C)C.